The summed E-state index contributed by atoms with van der Waals surface area (Å²) < 4.78 is 12.0. The minimum absolute atomic E-state index is 0.0834. The molecule has 1 saturated heterocycles. The number of fused-ring (bicyclic) bond motifs is 4. The van der Waals surface area contributed by atoms with Gasteiger partial charge in [-0.05, 0) is 88.6 Å². The molecule has 1 saturated carbocycles. The van der Waals surface area contributed by atoms with Crippen molar-refractivity contribution >= 4 is 12.0 Å². The first-order valence-corrected chi connectivity index (χ1v) is 14.2. The maximum Gasteiger partial charge on any atom is 0.410 e. The fourth-order valence-electron chi connectivity index (χ4n) is 5.74. The van der Waals surface area contributed by atoms with Crippen LogP contribution in [0.2, 0.25) is 0 Å². The van der Waals surface area contributed by atoms with Crippen LogP contribution in [0.15, 0.2) is 42.6 Å². The topological polar surface area (TPSA) is 84.0 Å². The number of nitrogens with zero attached hydrogens (tertiary/aromatic N) is 3. The first kappa shape index (κ1) is 27.4. The Bertz CT molecular complexity index is 1180. The van der Waals surface area contributed by atoms with Gasteiger partial charge in [-0.1, -0.05) is 18.2 Å². The monoisotopic (exact) mass is 534 g/mol. The van der Waals surface area contributed by atoms with Gasteiger partial charge in [0.1, 0.15) is 17.0 Å². The third kappa shape index (κ3) is 6.72. The van der Waals surface area contributed by atoms with Gasteiger partial charge in [-0.25, -0.2) is 4.79 Å². The maximum atomic E-state index is 13.5. The molecule has 1 atom stereocenters. The zero-order valence-electron chi connectivity index (χ0n) is 23.7. The molecule has 1 N–H and O–H groups in total. The number of piperidine rings is 1. The zero-order valence-corrected chi connectivity index (χ0v) is 23.7. The quantitative estimate of drug-likeness (QED) is 0.563. The summed E-state index contributed by atoms with van der Waals surface area (Å²) in [4.78, 5) is 34.2. The fraction of sp³-hybridized carbons (Fsp3) is 0.581. The largest absolute Gasteiger partial charge is 0.492 e. The molecule has 1 aliphatic carbocycles. The molecule has 5 rings (SSSR count). The molecule has 3 heterocycles. The van der Waals surface area contributed by atoms with Crippen LogP contribution in [0.3, 0.4) is 0 Å². The van der Waals surface area contributed by atoms with Gasteiger partial charge in [0, 0.05) is 50.4 Å². The van der Waals surface area contributed by atoms with Gasteiger partial charge < -0.3 is 24.6 Å². The Kier molecular flexibility index (Phi) is 7.85. The molecule has 1 spiro atoms. The van der Waals surface area contributed by atoms with E-state index in [1.165, 1.54) is 0 Å². The van der Waals surface area contributed by atoms with Gasteiger partial charge >= 0.3 is 6.09 Å². The molecule has 1 aromatic carbocycles. The molecule has 8 nitrogen and oxygen atoms in total. The lowest BCUT2D eigenvalue weighted by Gasteiger charge is -2.38. The zero-order chi connectivity index (χ0) is 27.6. The Hall–Kier alpha value is -3.13. The molecule has 2 aliphatic heterocycles. The van der Waals surface area contributed by atoms with Crippen molar-refractivity contribution < 1.29 is 19.1 Å². The van der Waals surface area contributed by atoms with Crippen LogP contribution in [-0.4, -0.2) is 78.8 Å². The highest BCUT2D eigenvalue weighted by Crippen LogP contribution is 2.46. The number of rotatable bonds is 1. The van der Waals surface area contributed by atoms with E-state index >= 15 is 0 Å². The fourth-order valence-corrected chi connectivity index (χ4v) is 5.74. The van der Waals surface area contributed by atoms with Crippen molar-refractivity contribution in [2.45, 2.75) is 52.1 Å². The number of carbonyl (C=O) groups excluding carboxylic acids is 2. The number of benzene rings is 1. The van der Waals surface area contributed by atoms with Crippen LogP contribution in [0.5, 0.6) is 5.75 Å². The second-order valence-corrected chi connectivity index (χ2v) is 12.6. The third-order valence-electron chi connectivity index (χ3n) is 8.29. The molecule has 1 aromatic heterocycles. The van der Waals surface area contributed by atoms with Crippen LogP contribution in [0.25, 0.3) is 11.1 Å². The average Bonchev–Trinajstić information content (AvgIpc) is 3.69. The normalized spacial score (nSPS) is 22.4. The molecule has 2 fully saturated rings. The van der Waals surface area contributed by atoms with Crippen molar-refractivity contribution in [2.24, 2.45) is 17.3 Å². The molecule has 2 aromatic rings. The minimum atomic E-state index is -0.500. The number of nitrogens with one attached hydrogen (secondary N) is 1. The van der Waals surface area contributed by atoms with Gasteiger partial charge in [0.2, 0.25) is 0 Å². The van der Waals surface area contributed by atoms with E-state index in [2.05, 4.69) is 10.3 Å². The molecule has 2 amide bonds. The van der Waals surface area contributed by atoms with Gasteiger partial charge in [-0.15, -0.1) is 0 Å². The number of carbonyl (C=O) groups is 2. The number of aromatic nitrogens is 1. The number of pyridine rings is 1. The molecule has 2 bridgehead atoms. The number of likely N-dealkylation sites (tertiary alicyclic amines) is 1. The molecular weight excluding hydrogens is 492 g/mol. The van der Waals surface area contributed by atoms with Crippen molar-refractivity contribution in [1.82, 2.24) is 20.1 Å². The summed E-state index contributed by atoms with van der Waals surface area (Å²) in [7, 11) is 1.87. The molecule has 39 heavy (non-hydrogen) atoms. The number of para-hydroxylation sites is 1. The first-order valence-electron chi connectivity index (χ1n) is 14.2. The molecule has 0 radical (unpaired) electrons. The number of ether oxygens (including phenoxy) is 2. The van der Waals surface area contributed by atoms with Crippen molar-refractivity contribution in [2.75, 3.05) is 46.4 Å². The minimum Gasteiger partial charge on any atom is -0.492 e. The Morgan fingerprint density at radius 2 is 1.87 bits per heavy atom. The SMILES string of the molecule is CN1CC(C2CCN(C(=O)OC(C)(C)C)CC2)CNCC2(CC2)COc2ccccc2-c2ccnc(c2)C1=O. The Balaban J connectivity index is 1.34. The summed E-state index contributed by atoms with van der Waals surface area (Å²) in [6.45, 7) is 10.1. The average molecular weight is 535 g/mol. The van der Waals surface area contributed by atoms with Crippen LogP contribution >= 0.6 is 0 Å². The van der Waals surface area contributed by atoms with Gasteiger partial charge in [-0.2, -0.15) is 0 Å². The van der Waals surface area contributed by atoms with Gasteiger partial charge in [-0.3, -0.25) is 9.78 Å². The van der Waals surface area contributed by atoms with Crippen molar-refractivity contribution in [3.63, 3.8) is 0 Å². The van der Waals surface area contributed by atoms with E-state index in [0.717, 1.165) is 55.6 Å². The molecule has 8 heteroatoms. The maximum absolute atomic E-state index is 13.5. The highest BCUT2D eigenvalue weighted by atomic mass is 16.6. The highest BCUT2D eigenvalue weighted by Gasteiger charge is 2.43. The smallest absolute Gasteiger partial charge is 0.410 e. The van der Waals surface area contributed by atoms with E-state index < -0.39 is 5.60 Å². The highest BCUT2D eigenvalue weighted by molar-refractivity contribution is 5.93. The van der Waals surface area contributed by atoms with E-state index in [9.17, 15) is 9.59 Å². The van der Waals surface area contributed by atoms with E-state index in [-0.39, 0.29) is 23.3 Å². The molecule has 1 unspecified atom stereocenters. The van der Waals surface area contributed by atoms with Crippen LogP contribution < -0.4 is 10.1 Å². The van der Waals surface area contributed by atoms with Gasteiger partial charge in [0.05, 0.1) is 6.61 Å². The number of hydrogen-bond acceptors (Lipinski definition) is 6. The number of hydrogen-bond donors (Lipinski definition) is 1. The summed E-state index contributed by atoms with van der Waals surface area (Å²) in [5.74, 6) is 1.42. The van der Waals surface area contributed by atoms with Crippen LogP contribution in [-0.2, 0) is 4.74 Å². The summed E-state index contributed by atoms with van der Waals surface area (Å²) in [5, 5.41) is 3.75. The standard InChI is InChI=1S/C31H42N4O4/c1-30(2,3)39-29(37)35-15-10-22(11-16-35)24-18-32-20-31(12-13-31)21-38-27-8-6-5-7-25(27)23-9-14-33-26(17-23)28(36)34(4)19-24/h5-9,14,17,22,24,32H,10-13,15-16,18-21H2,1-4H3. The molecular formula is C31H42N4O4. The number of amides is 2. The molecule has 210 valence electrons. The second kappa shape index (κ2) is 11.2. The summed E-state index contributed by atoms with van der Waals surface area (Å²) in [6, 6.07) is 11.8. The van der Waals surface area contributed by atoms with Crippen LogP contribution in [0.1, 0.15) is 56.9 Å². The van der Waals surface area contributed by atoms with Crippen LogP contribution in [0, 0.1) is 17.3 Å². The van der Waals surface area contributed by atoms with Crippen molar-refractivity contribution in [1.29, 1.82) is 0 Å². The third-order valence-corrected chi connectivity index (χ3v) is 8.29. The summed E-state index contributed by atoms with van der Waals surface area (Å²) in [6.07, 6.45) is 5.56. The summed E-state index contributed by atoms with van der Waals surface area (Å²) in [5.41, 5.74) is 2.00. The second-order valence-electron chi connectivity index (χ2n) is 12.6. The first-order chi connectivity index (χ1) is 18.6. The lowest BCUT2D eigenvalue weighted by Crippen LogP contribution is -2.46. The van der Waals surface area contributed by atoms with E-state index in [1.54, 1.807) is 6.20 Å². The lowest BCUT2D eigenvalue weighted by atomic mass is 9.83. The lowest BCUT2D eigenvalue weighted by molar-refractivity contribution is 0.0151. The van der Waals surface area contributed by atoms with E-state index in [1.807, 2.05) is 74.0 Å². The Morgan fingerprint density at radius 3 is 2.59 bits per heavy atom. The van der Waals surface area contributed by atoms with Crippen LogP contribution in [0.4, 0.5) is 4.79 Å². The van der Waals surface area contributed by atoms with Crippen molar-refractivity contribution in [3.8, 4) is 16.9 Å². The predicted octanol–water partition coefficient (Wildman–Crippen LogP) is 4.85. The Labute approximate surface area is 232 Å². The van der Waals surface area contributed by atoms with E-state index in [0.29, 0.717) is 37.9 Å². The van der Waals surface area contributed by atoms with Crippen molar-refractivity contribution in [3.05, 3.63) is 48.3 Å². The van der Waals surface area contributed by atoms with E-state index in [4.69, 9.17) is 9.47 Å². The Morgan fingerprint density at radius 1 is 1.13 bits per heavy atom. The predicted molar refractivity (Wildman–Crippen MR) is 151 cm³/mol. The molecule has 3 aliphatic rings. The van der Waals surface area contributed by atoms with Gasteiger partial charge in [0.25, 0.3) is 5.91 Å². The summed E-state index contributed by atoms with van der Waals surface area (Å²) >= 11 is 0. The van der Waals surface area contributed by atoms with Gasteiger partial charge in [0.15, 0.2) is 0 Å².